The number of fused-ring (bicyclic) bond motifs is 1. The average molecular weight is 370 g/mol. The van der Waals surface area contributed by atoms with Gasteiger partial charge < -0.3 is 10.1 Å². The van der Waals surface area contributed by atoms with E-state index in [1.165, 1.54) is 21.9 Å². The van der Waals surface area contributed by atoms with Gasteiger partial charge in [-0.1, -0.05) is 55.8 Å². The van der Waals surface area contributed by atoms with Crippen LogP contribution in [0, 0.1) is 0 Å². The van der Waals surface area contributed by atoms with Gasteiger partial charge in [-0.25, -0.2) is 0 Å². The van der Waals surface area contributed by atoms with Crippen LogP contribution in [0.15, 0.2) is 60.7 Å². The maximum Gasteiger partial charge on any atom is 0.122 e. The summed E-state index contributed by atoms with van der Waals surface area (Å²) < 4.78 is 5.76. The molecule has 0 aliphatic heterocycles. The number of halogens is 1. The number of rotatable bonds is 7. The highest BCUT2D eigenvalue weighted by molar-refractivity contribution is 5.86. The summed E-state index contributed by atoms with van der Waals surface area (Å²) in [7, 11) is 0. The molecule has 0 heterocycles. The molecule has 0 fully saturated rings. The lowest BCUT2D eigenvalue weighted by atomic mass is 9.99. The number of nitrogens with one attached hydrogen (secondary N) is 1. The lowest BCUT2D eigenvalue weighted by Crippen LogP contribution is -2.08. The second-order valence-electron chi connectivity index (χ2n) is 6.44. The van der Waals surface area contributed by atoms with Crippen LogP contribution in [0.25, 0.3) is 10.8 Å². The molecule has 0 amide bonds. The maximum absolute atomic E-state index is 5.76. The lowest BCUT2D eigenvalue weighted by Gasteiger charge is -2.19. The molecule has 0 unspecified atom stereocenters. The van der Waals surface area contributed by atoms with Crippen molar-refractivity contribution in [2.75, 3.05) is 11.9 Å². The van der Waals surface area contributed by atoms with Crippen molar-refractivity contribution < 1.29 is 4.74 Å². The monoisotopic (exact) mass is 369 g/mol. The van der Waals surface area contributed by atoms with Gasteiger partial charge in [0.15, 0.2) is 0 Å². The van der Waals surface area contributed by atoms with Crippen molar-refractivity contribution in [3.63, 3.8) is 0 Å². The van der Waals surface area contributed by atoms with Gasteiger partial charge >= 0.3 is 0 Å². The van der Waals surface area contributed by atoms with Gasteiger partial charge in [0.1, 0.15) is 5.75 Å². The first kappa shape index (κ1) is 20.1. The molecular formula is C23H28ClNO. The predicted molar refractivity (Wildman–Crippen MR) is 115 cm³/mol. The minimum Gasteiger partial charge on any atom is -0.494 e. The molecule has 1 atom stereocenters. The highest BCUT2D eigenvalue weighted by atomic mass is 35.5. The Bertz CT molecular complexity index is 841. The summed E-state index contributed by atoms with van der Waals surface area (Å²) in [5, 5.41) is 6.26. The average Bonchev–Trinajstić information content (AvgIpc) is 2.63. The minimum absolute atomic E-state index is 0. The first-order valence-corrected chi connectivity index (χ1v) is 9.22. The molecule has 3 rings (SSSR count). The minimum atomic E-state index is 0. The quantitative estimate of drug-likeness (QED) is 0.495. The number of hydrogen-bond donors (Lipinski definition) is 1. The third kappa shape index (κ3) is 4.50. The van der Waals surface area contributed by atoms with Crippen LogP contribution in [0.3, 0.4) is 0 Å². The van der Waals surface area contributed by atoms with E-state index in [4.69, 9.17) is 4.74 Å². The molecule has 0 aromatic heterocycles. The summed E-state index contributed by atoms with van der Waals surface area (Å²) in [6.45, 7) is 7.16. The van der Waals surface area contributed by atoms with E-state index in [2.05, 4.69) is 79.8 Å². The fraction of sp³-hybridized carbons (Fsp3) is 0.304. The lowest BCUT2D eigenvalue weighted by molar-refractivity contribution is 0.336. The molecule has 0 aliphatic carbocycles. The van der Waals surface area contributed by atoms with Crippen LogP contribution in [0.4, 0.5) is 5.69 Å². The van der Waals surface area contributed by atoms with Crippen LogP contribution in [0.2, 0.25) is 0 Å². The molecule has 3 aromatic carbocycles. The Kier molecular flexibility index (Phi) is 7.35. The predicted octanol–water partition coefficient (Wildman–Crippen LogP) is 6.79. The third-order valence-electron chi connectivity index (χ3n) is 4.55. The Morgan fingerprint density at radius 2 is 1.73 bits per heavy atom. The zero-order chi connectivity index (χ0) is 17.6. The van der Waals surface area contributed by atoms with Crippen LogP contribution in [0.1, 0.15) is 44.4 Å². The van der Waals surface area contributed by atoms with E-state index in [0.717, 1.165) is 24.3 Å². The number of benzene rings is 3. The molecule has 0 spiro atoms. The number of anilines is 1. The van der Waals surface area contributed by atoms with Gasteiger partial charge in [-0.15, -0.1) is 12.4 Å². The van der Waals surface area contributed by atoms with E-state index in [-0.39, 0.29) is 18.4 Å². The van der Waals surface area contributed by atoms with E-state index in [1.54, 1.807) is 0 Å². The molecule has 0 saturated carbocycles. The largest absolute Gasteiger partial charge is 0.494 e. The van der Waals surface area contributed by atoms with Crippen molar-refractivity contribution >= 4 is 28.9 Å². The molecule has 3 aromatic rings. The summed E-state index contributed by atoms with van der Waals surface area (Å²) in [4.78, 5) is 0. The highest BCUT2D eigenvalue weighted by Gasteiger charge is 2.11. The van der Waals surface area contributed by atoms with Crippen molar-refractivity contribution in [2.45, 2.75) is 39.7 Å². The Morgan fingerprint density at radius 3 is 2.50 bits per heavy atom. The molecule has 2 nitrogen and oxygen atoms in total. The number of ether oxygens (including phenoxy) is 1. The van der Waals surface area contributed by atoms with Crippen LogP contribution >= 0.6 is 12.4 Å². The van der Waals surface area contributed by atoms with Gasteiger partial charge in [-0.05, 0) is 60.4 Å². The van der Waals surface area contributed by atoms with Gasteiger partial charge in [0.2, 0.25) is 0 Å². The van der Waals surface area contributed by atoms with Crippen molar-refractivity contribution in [1.29, 1.82) is 0 Å². The smallest absolute Gasteiger partial charge is 0.122 e. The van der Waals surface area contributed by atoms with Crippen LogP contribution in [-0.4, -0.2) is 6.61 Å². The van der Waals surface area contributed by atoms with Crippen molar-refractivity contribution in [1.82, 2.24) is 0 Å². The summed E-state index contributed by atoms with van der Waals surface area (Å²) in [5.41, 5.74) is 3.75. The molecule has 0 aliphatic rings. The first-order chi connectivity index (χ1) is 12.2. The summed E-state index contributed by atoms with van der Waals surface area (Å²) in [6, 6.07) is 21.8. The first-order valence-electron chi connectivity index (χ1n) is 9.22. The zero-order valence-electron chi connectivity index (χ0n) is 15.8. The van der Waals surface area contributed by atoms with Crippen molar-refractivity contribution in [3.8, 4) is 5.75 Å². The number of hydrogen-bond acceptors (Lipinski definition) is 2. The Hall–Kier alpha value is -2.19. The fourth-order valence-electron chi connectivity index (χ4n) is 3.39. The second-order valence-corrected chi connectivity index (χ2v) is 6.44. The fourth-order valence-corrected chi connectivity index (χ4v) is 3.39. The summed E-state index contributed by atoms with van der Waals surface area (Å²) in [6.07, 6.45) is 2.15. The Labute approximate surface area is 163 Å². The Balaban J connectivity index is 0.00000243. The van der Waals surface area contributed by atoms with Gasteiger partial charge in [-0.2, -0.15) is 0 Å². The maximum atomic E-state index is 5.76. The van der Waals surface area contributed by atoms with Crippen LogP contribution in [0.5, 0.6) is 5.75 Å². The van der Waals surface area contributed by atoms with Gasteiger partial charge in [-0.3, -0.25) is 0 Å². The molecule has 138 valence electrons. The summed E-state index contributed by atoms with van der Waals surface area (Å²) in [5.74, 6) is 1.01. The second kappa shape index (κ2) is 9.49. The van der Waals surface area contributed by atoms with Gasteiger partial charge in [0.05, 0.1) is 6.61 Å². The highest BCUT2D eigenvalue weighted by Crippen LogP contribution is 2.29. The van der Waals surface area contributed by atoms with Crippen LogP contribution in [-0.2, 0) is 6.42 Å². The molecular weight excluding hydrogens is 342 g/mol. The van der Waals surface area contributed by atoms with E-state index in [0.29, 0.717) is 6.61 Å². The standard InChI is InChI=1S/C23H27NO.ClH/c1-4-9-19-16-20(14-15-23(19)25-5-2)24-17(3)21-13-8-11-18-10-6-7-12-22(18)21;/h6-8,10-17,24H,4-5,9H2,1-3H3;1H/t17-;/m1./s1. The van der Waals surface area contributed by atoms with Gasteiger partial charge in [0, 0.05) is 11.7 Å². The van der Waals surface area contributed by atoms with Crippen molar-refractivity contribution in [3.05, 3.63) is 71.8 Å². The topological polar surface area (TPSA) is 21.3 Å². The Morgan fingerprint density at radius 1 is 0.962 bits per heavy atom. The van der Waals surface area contributed by atoms with E-state index in [1.807, 2.05) is 6.92 Å². The molecule has 3 heteroatoms. The van der Waals surface area contributed by atoms with E-state index in [9.17, 15) is 0 Å². The molecule has 26 heavy (non-hydrogen) atoms. The van der Waals surface area contributed by atoms with E-state index < -0.39 is 0 Å². The molecule has 0 radical (unpaired) electrons. The number of aryl methyl sites for hydroxylation is 1. The van der Waals surface area contributed by atoms with Crippen LogP contribution < -0.4 is 10.1 Å². The van der Waals surface area contributed by atoms with Gasteiger partial charge in [0.25, 0.3) is 0 Å². The summed E-state index contributed by atoms with van der Waals surface area (Å²) >= 11 is 0. The molecule has 0 bridgehead atoms. The third-order valence-corrected chi connectivity index (χ3v) is 4.55. The molecule has 1 N–H and O–H groups in total. The van der Waals surface area contributed by atoms with E-state index >= 15 is 0 Å². The SMILES string of the molecule is CCCc1cc(N[C@H](C)c2cccc3ccccc23)ccc1OCC.Cl. The van der Waals surface area contributed by atoms with Crippen molar-refractivity contribution in [2.24, 2.45) is 0 Å². The zero-order valence-corrected chi connectivity index (χ0v) is 16.6. The normalized spacial score (nSPS) is 11.7. The molecule has 0 saturated heterocycles.